The molecule has 0 saturated carbocycles. The van der Waals surface area contributed by atoms with E-state index in [0.717, 1.165) is 47.6 Å². The van der Waals surface area contributed by atoms with Crippen LogP contribution in [0.25, 0.3) is 21.8 Å². The van der Waals surface area contributed by atoms with Gasteiger partial charge in [-0.1, -0.05) is 38.0 Å². The van der Waals surface area contributed by atoms with Crippen LogP contribution in [-0.4, -0.2) is 72.0 Å². The van der Waals surface area contributed by atoms with Gasteiger partial charge in [-0.3, -0.25) is 4.79 Å². The van der Waals surface area contributed by atoms with E-state index < -0.39 is 17.4 Å². The lowest BCUT2D eigenvalue weighted by molar-refractivity contribution is -0.121. The molecule has 10 nitrogen and oxygen atoms in total. The molecule has 2 aromatic heterocycles. The van der Waals surface area contributed by atoms with Gasteiger partial charge in [-0.2, -0.15) is 4.98 Å². The highest BCUT2D eigenvalue weighted by molar-refractivity contribution is 7.89. The number of nitrogens with one attached hydrogen (secondary N) is 2. The van der Waals surface area contributed by atoms with Gasteiger partial charge < -0.3 is 29.2 Å². The molecular formula is C29H37N7O3S. The number of para-hydroxylation sites is 1. The highest BCUT2D eigenvalue weighted by atomic mass is 32.2. The van der Waals surface area contributed by atoms with E-state index in [0.29, 0.717) is 23.8 Å². The summed E-state index contributed by atoms with van der Waals surface area (Å²) in [4.78, 5) is 32.6. The van der Waals surface area contributed by atoms with E-state index in [1.807, 2.05) is 37.4 Å². The second-order valence-corrected chi connectivity index (χ2v) is 11.5. The Balaban J connectivity index is 1.39. The summed E-state index contributed by atoms with van der Waals surface area (Å²) < 4.78 is 19.1. The molecule has 5 rings (SSSR count). The third kappa shape index (κ3) is 5.67. The molecule has 1 unspecified atom stereocenters. The third-order valence-electron chi connectivity index (χ3n) is 7.41. The number of amides is 3. The van der Waals surface area contributed by atoms with Crippen LogP contribution < -0.4 is 10.6 Å². The largest absolute Gasteiger partial charge is 0.591 e. The second kappa shape index (κ2) is 12.3. The predicted octanol–water partition coefficient (Wildman–Crippen LogP) is 4.10. The van der Waals surface area contributed by atoms with E-state index in [-0.39, 0.29) is 25.0 Å². The average molecular weight is 564 g/mol. The third-order valence-corrected chi connectivity index (χ3v) is 8.84. The minimum absolute atomic E-state index is 0.126. The molecule has 0 spiro atoms. The number of aromatic nitrogens is 3. The number of fused-ring (bicyclic) bond motifs is 3. The van der Waals surface area contributed by atoms with Crippen LogP contribution in [0.15, 0.2) is 60.0 Å². The summed E-state index contributed by atoms with van der Waals surface area (Å²) in [6, 6.07) is 13.1. The van der Waals surface area contributed by atoms with Crippen molar-refractivity contribution in [2.45, 2.75) is 50.7 Å². The van der Waals surface area contributed by atoms with Crippen LogP contribution in [0.5, 0.6) is 0 Å². The molecule has 3 heterocycles. The Labute approximate surface area is 237 Å². The molecule has 1 aliphatic heterocycles. The lowest BCUT2D eigenvalue weighted by atomic mass is 10.1. The molecule has 0 aliphatic carbocycles. The zero-order chi connectivity index (χ0) is 28.2. The molecule has 2 atom stereocenters. The van der Waals surface area contributed by atoms with Gasteiger partial charge in [-0.05, 0) is 37.6 Å². The summed E-state index contributed by atoms with van der Waals surface area (Å²) in [5.41, 5.74) is 2.90. The fraction of sp³-hybridized carbons (Fsp3) is 0.414. The van der Waals surface area contributed by atoms with Crippen molar-refractivity contribution in [1.82, 2.24) is 28.6 Å². The molecular weight excluding hydrogens is 526 g/mol. The Morgan fingerprint density at radius 2 is 1.88 bits per heavy atom. The minimum atomic E-state index is -1.65. The molecule has 3 amide bonds. The standard InChI is InChI=1S/C29H37N7O3S/c1-4-6-9-14-30-29(38)34-15-16-36(40(39)27-19-33(3)20-31-27)26(18-34)28(37)32-21-12-13-25-23(17-21)22-10-7-8-11-24(22)35(25)5-2/h7-8,10-13,17,19-20,26H,4-6,9,14-16,18H2,1-3H3,(H,30,38)(H,32,37)/t26-,40?/m0/s1. The topological polar surface area (TPSA) is 110 Å². The van der Waals surface area contributed by atoms with Crippen LogP contribution in [0.1, 0.15) is 33.1 Å². The Bertz CT molecular complexity index is 1500. The van der Waals surface area contributed by atoms with Crippen molar-refractivity contribution >= 4 is 50.8 Å². The van der Waals surface area contributed by atoms with Crippen molar-refractivity contribution in [1.29, 1.82) is 0 Å². The number of aryl methyl sites for hydroxylation is 2. The molecule has 4 aromatic rings. The minimum Gasteiger partial charge on any atom is -0.591 e. The van der Waals surface area contributed by atoms with Crippen LogP contribution in [0.3, 0.4) is 0 Å². The maximum atomic E-state index is 13.8. The lowest BCUT2D eigenvalue weighted by Crippen LogP contribution is -2.61. The highest BCUT2D eigenvalue weighted by Gasteiger charge is 2.42. The summed E-state index contributed by atoms with van der Waals surface area (Å²) in [6.07, 6.45) is 6.30. The van der Waals surface area contributed by atoms with Gasteiger partial charge in [0.15, 0.2) is 6.04 Å². The molecule has 2 aromatic carbocycles. The van der Waals surface area contributed by atoms with Crippen molar-refractivity contribution < 1.29 is 14.1 Å². The van der Waals surface area contributed by atoms with E-state index in [2.05, 4.69) is 46.2 Å². The first-order valence-electron chi connectivity index (χ1n) is 13.9. The van der Waals surface area contributed by atoms with E-state index in [1.54, 1.807) is 26.3 Å². The highest BCUT2D eigenvalue weighted by Crippen LogP contribution is 2.31. The number of hydrogen-bond acceptors (Lipinski definition) is 5. The Kier molecular flexibility index (Phi) is 8.63. The summed E-state index contributed by atoms with van der Waals surface area (Å²) in [5, 5.41) is 8.57. The van der Waals surface area contributed by atoms with E-state index >= 15 is 0 Å². The van der Waals surface area contributed by atoms with Crippen molar-refractivity contribution in [3.8, 4) is 0 Å². The molecule has 1 aliphatic rings. The number of carbonyl (C=O) groups excluding carboxylic acids is 2. The first-order chi connectivity index (χ1) is 19.4. The van der Waals surface area contributed by atoms with Crippen molar-refractivity contribution in [2.75, 3.05) is 31.5 Å². The van der Waals surface area contributed by atoms with Gasteiger partial charge in [-0.15, -0.1) is 4.31 Å². The van der Waals surface area contributed by atoms with Crippen LogP contribution in [0, 0.1) is 0 Å². The summed E-state index contributed by atoms with van der Waals surface area (Å²) >= 11 is -1.65. The van der Waals surface area contributed by atoms with Gasteiger partial charge in [-0.25, -0.2) is 4.79 Å². The Morgan fingerprint density at radius 3 is 2.62 bits per heavy atom. The fourth-order valence-corrected chi connectivity index (χ4v) is 6.62. The first-order valence-corrected chi connectivity index (χ1v) is 15.0. The van der Waals surface area contributed by atoms with Crippen LogP contribution in [0.4, 0.5) is 10.5 Å². The monoisotopic (exact) mass is 563 g/mol. The number of anilines is 1. The lowest BCUT2D eigenvalue weighted by Gasteiger charge is -2.38. The number of carbonyl (C=O) groups is 2. The maximum absolute atomic E-state index is 13.8. The SMILES string of the molecule is CCCCCNC(=O)N1CCN([S+]([O-])c2cn(C)cn2)[C@H](C(=O)Nc2ccc3c(c2)c2ccccc2n3CC)C1. The van der Waals surface area contributed by atoms with Gasteiger partial charge in [0, 0.05) is 54.2 Å². The van der Waals surface area contributed by atoms with Gasteiger partial charge in [0.1, 0.15) is 11.4 Å². The first kappa shape index (κ1) is 28.0. The number of urea groups is 1. The Hall–Kier alpha value is -3.54. The van der Waals surface area contributed by atoms with Gasteiger partial charge >= 0.3 is 6.03 Å². The molecule has 1 fully saturated rings. The quantitative estimate of drug-likeness (QED) is 0.235. The van der Waals surface area contributed by atoms with E-state index in [9.17, 15) is 14.1 Å². The summed E-state index contributed by atoms with van der Waals surface area (Å²) in [7, 11) is 1.81. The van der Waals surface area contributed by atoms with Gasteiger partial charge in [0.2, 0.25) is 5.91 Å². The van der Waals surface area contributed by atoms with Gasteiger partial charge in [0.25, 0.3) is 5.03 Å². The maximum Gasteiger partial charge on any atom is 0.317 e. The molecule has 1 saturated heterocycles. The van der Waals surface area contributed by atoms with Crippen molar-refractivity contribution in [2.24, 2.45) is 7.05 Å². The smallest absolute Gasteiger partial charge is 0.317 e. The zero-order valence-corrected chi connectivity index (χ0v) is 24.1. The number of benzene rings is 2. The van der Waals surface area contributed by atoms with Crippen molar-refractivity contribution in [3.63, 3.8) is 0 Å². The number of piperazine rings is 1. The zero-order valence-electron chi connectivity index (χ0n) is 23.3. The molecule has 0 radical (unpaired) electrons. The Morgan fingerprint density at radius 1 is 1.07 bits per heavy atom. The van der Waals surface area contributed by atoms with Crippen LogP contribution in [0.2, 0.25) is 0 Å². The van der Waals surface area contributed by atoms with Gasteiger partial charge in [0.05, 0.1) is 25.6 Å². The van der Waals surface area contributed by atoms with Crippen LogP contribution in [-0.2, 0) is 29.7 Å². The number of rotatable bonds is 9. The summed E-state index contributed by atoms with van der Waals surface area (Å²) in [5.74, 6) is -0.314. The number of nitrogens with zero attached hydrogens (tertiary/aromatic N) is 5. The predicted molar refractivity (Wildman–Crippen MR) is 158 cm³/mol. The molecule has 212 valence electrons. The second-order valence-electron chi connectivity index (χ2n) is 10.2. The van der Waals surface area contributed by atoms with Crippen LogP contribution >= 0.6 is 0 Å². The molecule has 2 N–H and O–H groups in total. The number of imidazole rings is 1. The van der Waals surface area contributed by atoms with E-state index in [4.69, 9.17) is 0 Å². The fourth-order valence-electron chi connectivity index (χ4n) is 5.34. The molecule has 11 heteroatoms. The molecule has 40 heavy (non-hydrogen) atoms. The number of hydrogen-bond donors (Lipinski definition) is 2. The van der Waals surface area contributed by atoms with Crippen molar-refractivity contribution in [3.05, 3.63) is 55.0 Å². The molecule has 0 bridgehead atoms. The van der Waals surface area contributed by atoms with E-state index in [1.165, 1.54) is 0 Å². The average Bonchev–Trinajstić information content (AvgIpc) is 3.55. The normalized spacial score (nSPS) is 16.9. The number of unbranched alkanes of at least 4 members (excludes halogenated alkanes) is 2. The summed E-state index contributed by atoms with van der Waals surface area (Å²) in [6.45, 7) is 6.44.